The Morgan fingerprint density at radius 1 is 0.833 bits per heavy atom. The number of hydrogen-bond acceptors (Lipinski definition) is 6. The quantitative estimate of drug-likeness (QED) is 0.500. The number of nitrogens with zero attached hydrogens (tertiary/aromatic N) is 6. The number of halogens is 1. The Labute approximate surface area is 179 Å². The Bertz CT molecular complexity index is 1150. The summed E-state index contributed by atoms with van der Waals surface area (Å²) in [5, 5.41) is 6.20. The molecule has 2 aromatic carbocycles. The summed E-state index contributed by atoms with van der Waals surface area (Å²) in [4.78, 5) is 13.7. The molecule has 2 aromatic heterocycles. The summed E-state index contributed by atoms with van der Waals surface area (Å²) in [6.45, 7) is 3.60. The fourth-order valence-corrected chi connectivity index (χ4v) is 3.95. The minimum absolute atomic E-state index is 0.695. The first kappa shape index (κ1) is 18.7. The van der Waals surface area contributed by atoms with Gasteiger partial charge in [-0.2, -0.15) is 5.10 Å². The van der Waals surface area contributed by atoms with Crippen LogP contribution in [0.25, 0.3) is 16.7 Å². The number of rotatable bonds is 4. The molecule has 4 aromatic rings. The van der Waals surface area contributed by atoms with Gasteiger partial charge in [0, 0.05) is 36.9 Å². The van der Waals surface area contributed by atoms with Crippen molar-refractivity contribution >= 4 is 34.1 Å². The van der Waals surface area contributed by atoms with Crippen LogP contribution in [0.15, 0.2) is 61.1 Å². The van der Waals surface area contributed by atoms with Crippen LogP contribution < -0.4 is 14.5 Å². The topological polar surface area (TPSA) is 59.3 Å². The minimum Gasteiger partial charge on any atom is -0.497 e. The lowest BCUT2D eigenvalue weighted by molar-refractivity contribution is 0.415. The molecule has 7 nitrogen and oxygen atoms in total. The van der Waals surface area contributed by atoms with Crippen molar-refractivity contribution in [1.82, 2.24) is 19.7 Å². The zero-order chi connectivity index (χ0) is 20.5. The highest BCUT2D eigenvalue weighted by atomic mass is 35.5. The maximum absolute atomic E-state index is 6.02. The molecule has 0 unspecified atom stereocenters. The van der Waals surface area contributed by atoms with Gasteiger partial charge in [0.05, 0.1) is 24.4 Å². The van der Waals surface area contributed by atoms with Gasteiger partial charge < -0.3 is 14.5 Å². The number of benzene rings is 2. The van der Waals surface area contributed by atoms with Crippen LogP contribution in [0.2, 0.25) is 5.02 Å². The van der Waals surface area contributed by atoms with Gasteiger partial charge in [-0.05, 0) is 48.5 Å². The Balaban J connectivity index is 1.37. The summed E-state index contributed by atoms with van der Waals surface area (Å²) in [6.07, 6.45) is 3.46. The van der Waals surface area contributed by atoms with Crippen LogP contribution in [0.1, 0.15) is 0 Å². The molecule has 0 aliphatic carbocycles. The summed E-state index contributed by atoms with van der Waals surface area (Å²) in [5.74, 6) is 1.80. The molecule has 0 amide bonds. The van der Waals surface area contributed by atoms with E-state index in [-0.39, 0.29) is 0 Å². The van der Waals surface area contributed by atoms with Crippen molar-refractivity contribution in [2.45, 2.75) is 0 Å². The van der Waals surface area contributed by atoms with E-state index in [2.05, 4.69) is 37.0 Å². The maximum Gasteiger partial charge on any atom is 0.168 e. The van der Waals surface area contributed by atoms with Gasteiger partial charge in [0.15, 0.2) is 5.65 Å². The Morgan fingerprint density at radius 2 is 1.50 bits per heavy atom. The molecule has 0 N–H and O–H groups in total. The van der Waals surface area contributed by atoms with Crippen LogP contribution in [-0.4, -0.2) is 53.0 Å². The molecule has 152 valence electrons. The van der Waals surface area contributed by atoms with Gasteiger partial charge in [0.25, 0.3) is 0 Å². The molecule has 1 aliphatic heterocycles. The number of methoxy groups -OCH3 is 1. The highest BCUT2D eigenvalue weighted by Crippen LogP contribution is 2.27. The van der Waals surface area contributed by atoms with Gasteiger partial charge in [0.1, 0.15) is 17.9 Å². The molecule has 1 aliphatic rings. The molecule has 30 heavy (non-hydrogen) atoms. The van der Waals surface area contributed by atoms with Crippen LogP contribution in [0.5, 0.6) is 5.75 Å². The number of aromatic nitrogens is 4. The van der Waals surface area contributed by atoms with Crippen LogP contribution in [0.3, 0.4) is 0 Å². The van der Waals surface area contributed by atoms with Crippen molar-refractivity contribution in [3.8, 4) is 11.4 Å². The predicted octanol–water partition coefficient (Wildman–Crippen LogP) is 3.80. The highest BCUT2D eigenvalue weighted by molar-refractivity contribution is 6.30. The van der Waals surface area contributed by atoms with E-state index in [9.17, 15) is 0 Å². The predicted molar refractivity (Wildman–Crippen MR) is 119 cm³/mol. The molecule has 0 radical (unpaired) electrons. The van der Waals surface area contributed by atoms with Crippen molar-refractivity contribution in [2.75, 3.05) is 43.1 Å². The van der Waals surface area contributed by atoms with E-state index in [1.54, 1.807) is 13.4 Å². The third-order valence-corrected chi connectivity index (χ3v) is 5.68. The Kier molecular flexibility index (Phi) is 4.88. The summed E-state index contributed by atoms with van der Waals surface area (Å²) in [5.41, 5.74) is 2.92. The number of piperazine rings is 1. The van der Waals surface area contributed by atoms with Gasteiger partial charge in [-0.15, -0.1) is 0 Å². The summed E-state index contributed by atoms with van der Waals surface area (Å²) in [7, 11) is 1.69. The third-order valence-electron chi connectivity index (χ3n) is 5.43. The normalized spacial score (nSPS) is 14.3. The van der Waals surface area contributed by atoms with E-state index in [4.69, 9.17) is 16.3 Å². The van der Waals surface area contributed by atoms with Crippen molar-refractivity contribution < 1.29 is 4.74 Å². The molecular weight excluding hydrogens is 400 g/mol. The fraction of sp³-hybridized carbons (Fsp3) is 0.227. The lowest BCUT2D eigenvalue weighted by Gasteiger charge is -2.36. The van der Waals surface area contributed by atoms with Crippen LogP contribution in [0, 0.1) is 0 Å². The van der Waals surface area contributed by atoms with Gasteiger partial charge >= 0.3 is 0 Å². The Morgan fingerprint density at radius 3 is 2.20 bits per heavy atom. The van der Waals surface area contributed by atoms with Gasteiger partial charge in [-0.25, -0.2) is 14.6 Å². The van der Waals surface area contributed by atoms with E-state index in [1.165, 1.54) is 5.69 Å². The molecule has 3 heterocycles. The number of anilines is 2. The van der Waals surface area contributed by atoms with Crippen LogP contribution in [0.4, 0.5) is 11.5 Å². The first-order chi connectivity index (χ1) is 14.7. The second kappa shape index (κ2) is 7.84. The zero-order valence-corrected chi connectivity index (χ0v) is 17.3. The number of hydrogen-bond donors (Lipinski definition) is 0. The van der Waals surface area contributed by atoms with E-state index < -0.39 is 0 Å². The number of fused-ring (bicyclic) bond motifs is 1. The summed E-state index contributed by atoms with van der Waals surface area (Å²) < 4.78 is 7.08. The molecule has 8 heteroatoms. The average molecular weight is 421 g/mol. The van der Waals surface area contributed by atoms with Crippen LogP contribution >= 0.6 is 11.6 Å². The largest absolute Gasteiger partial charge is 0.497 e. The summed E-state index contributed by atoms with van der Waals surface area (Å²) >= 11 is 6.02. The molecular formula is C22H21ClN6O. The van der Waals surface area contributed by atoms with Crippen molar-refractivity contribution in [1.29, 1.82) is 0 Å². The van der Waals surface area contributed by atoms with Gasteiger partial charge in [-0.3, -0.25) is 0 Å². The first-order valence-electron chi connectivity index (χ1n) is 9.81. The monoisotopic (exact) mass is 420 g/mol. The van der Waals surface area contributed by atoms with E-state index >= 15 is 0 Å². The average Bonchev–Trinajstić information content (AvgIpc) is 3.24. The molecule has 1 fully saturated rings. The Hall–Kier alpha value is -3.32. The van der Waals surface area contributed by atoms with E-state index in [0.29, 0.717) is 5.02 Å². The molecule has 0 atom stereocenters. The zero-order valence-electron chi connectivity index (χ0n) is 16.6. The minimum atomic E-state index is 0.695. The van der Waals surface area contributed by atoms with Crippen molar-refractivity contribution in [3.63, 3.8) is 0 Å². The molecule has 0 bridgehead atoms. The van der Waals surface area contributed by atoms with Gasteiger partial charge in [0.2, 0.25) is 0 Å². The second-order valence-corrected chi connectivity index (χ2v) is 7.58. The fourth-order valence-electron chi connectivity index (χ4n) is 3.82. The highest BCUT2D eigenvalue weighted by Gasteiger charge is 2.22. The van der Waals surface area contributed by atoms with E-state index in [0.717, 1.165) is 54.5 Å². The van der Waals surface area contributed by atoms with Crippen molar-refractivity contribution in [3.05, 3.63) is 66.1 Å². The third kappa shape index (κ3) is 3.41. The SMILES string of the molecule is COc1ccc(N2CCN(c3ncnc4c3cnn4-c3ccc(Cl)cc3)CC2)cc1. The number of ether oxygens (including phenoxy) is 1. The molecule has 1 saturated heterocycles. The molecule has 5 rings (SSSR count). The maximum atomic E-state index is 6.02. The molecule has 0 saturated carbocycles. The lowest BCUT2D eigenvalue weighted by atomic mass is 10.2. The summed E-state index contributed by atoms with van der Waals surface area (Å²) in [6, 6.07) is 15.8. The second-order valence-electron chi connectivity index (χ2n) is 7.14. The smallest absolute Gasteiger partial charge is 0.168 e. The van der Waals surface area contributed by atoms with Crippen LogP contribution in [-0.2, 0) is 0 Å². The molecule has 0 spiro atoms. The first-order valence-corrected chi connectivity index (χ1v) is 10.2. The van der Waals surface area contributed by atoms with Crippen molar-refractivity contribution in [2.24, 2.45) is 0 Å². The van der Waals surface area contributed by atoms with E-state index in [1.807, 2.05) is 47.3 Å². The van der Waals surface area contributed by atoms with Gasteiger partial charge in [-0.1, -0.05) is 11.6 Å². The lowest BCUT2D eigenvalue weighted by Crippen LogP contribution is -2.46. The standard InChI is InChI=1S/C22H21ClN6O/c1-30-19-8-6-17(7-9-19)27-10-12-28(13-11-27)21-20-14-26-29(22(20)25-15-24-21)18-4-2-16(23)3-5-18/h2-9,14-15H,10-13H2,1H3.